The Balaban J connectivity index is 2.50. The summed E-state index contributed by atoms with van der Waals surface area (Å²) < 4.78 is 0. The number of rotatable bonds is 10. The van der Waals surface area contributed by atoms with Gasteiger partial charge in [-0.3, -0.25) is 0 Å². The molecule has 25 heavy (non-hydrogen) atoms. The van der Waals surface area contributed by atoms with Crippen LogP contribution in [0.25, 0.3) is 0 Å². The van der Waals surface area contributed by atoms with Gasteiger partial charge in [0, 0.05) is 6.04 Å². The fraction of sp³-hybridized carbons (Fsp3) is 1.00. The van der Waals surface area contributed by atoms with Crippen molar-refractivity contribution in [2.75, 3.05) is 0 Å². The largest absolute Gasteiger partial charge is 0.328 e. The molecule has 0 aromatic heterocycles. The van der Waals surface area contributed by atoms with Crippen molar-refractivity contribution in [1.82, 2.24) is 0 Å². The molecule has 0 saturated heterocycles. The molecule has 1 aliphatic carbocycles. The third kappa shape index (κ3) is 12.1. The van der Waals surface area contributed by atoms with Gasteiger partial charge in [0.05, 0.1) is 0 Å². The Hall–Kier alpha value is -0.0400. The molecule has 1 fully saturated rings. The summed E-state index contributed by atoms with van der Waals surface area (Å²) in [5, 5.41) is 0. The molecule has 1 nitrogen and oxygen atoms in total. The summed E-state index contributed by atoms with van der Waals surface area (Å²) in [5.41, 5.74) is 6.24. The second kappa shape index (κ2) is 16.2. The maximum Gasteiger partial charge on any atom is 0.00388 e. The Kier molecular flexibility index (Phi) is 14.9. The van der Waals surface area contributed by atoms with Gasteiger partial charge in [-0.2, -0.15) is 0 Å². The maximum absolute atomic E-state index is 6.24. The van der Waals surface area contributed by atoms with Crippen molar-refractivity contribution >= 4 is 0 Å². The smallest absolute Gasteiger partial charge is 0.00388 e. The zero-order valence-electron chi connectivity index (χ0n) is 17.7. The van der Waals surface area contributed by atoms with Crippen LogP contribution in [0.15, 0.2) is 0 Å². The normalized spacial score (nSPS) is 25.1. The monoisotopic (exact) mass is 351 g/mol. The summed E-state index contributed by atoms with van der Waals surface area (Å²) >= 11 is 0. The highest BCUT2D eigenvalue weighted by molar-refractivity contribution is 4.73. The van der Waals surface area contributed by atoms with E-state index in [9.17, 15) is 0 Å². The van der Waals surface area contributed by atoms with Crippen LogP contribution in [0.2, 0.25) is 0 Å². The highest BCUT2D eigenvalue weighted by atomic mass is 14.6. The minimum absolute atomic E-state index is 0.482. The van der Waals surface area contributed by atoms with Gasteiger partial charge < -0.3 is 5.73 Å². The van der Waals surface area contributed by atoms with Crippen molar-refractivity contribution in [1.29, 1.82) is 0 Å². The van der Waals surface area contributed by atoms with Gasteiger partial charge in [-0.25, -0.2) is 0 Å². The molecular formula is C24H49N. The molecule has 0 spiro atoms. The first-order valence-electron chi connectivity index (χ1n) is 12.0. The predicted molar refractivity (Wildman–Crippen MR) is 114 cm³/mol. The van der Waals surface area contributed by atoms with Gasteiger partial charge in [-0.05, 0) is 24.7 Å². The van der Waals surface area contributed by atoms with Gasteiger partial charge >= 0.3 is 0 Å². The van der Waals surface area contributed by atoms with Crippen LogP contribution in [0.1, 0.15) is 136 Å². The van der Waals surface area contributed by atoms with Crippen molar-refractivity contribution in [3.8, 4) is 0 Å². The van der Waals surface area contributed by atoms with Crippen LogP contribution in [0, 0.1) is 11.8 Å². The third-order valence-corrected chi connectivity index (χ3v) is 6.57. The van der Waals surface area contributed by atoms with Gasteiger partial charge in [-0.15, -0.1) is 0 Å². The van der Waals surface area contributed by atoms with E-state index in [4.69, 9.17) is 5.73 Å². The van der Waals surface area contributed by atoms with Crippen molar-refractivity contribution in [3.05, 3.63) is 0 Å². The van der Waals surface area contributed by atoms with Crippen molar-refractivity contribution in [2.45, 2.75) is 142 Å². The van der Waals surface area contributed by atoms with Crippen molar-refractivity contribution < 1.29 is 0 Å². The molecule has 0 aromatic rings. The number of nitrogens with two attached hydrogens (primary N) is 1. The first-order valence-corrected chi connectivity index (χ1v) is 12.0. The highest BCUT2D eigenvalue weighted by Crippen LogP contribution is 2.33. The fourth-order valence-corrected chi connectivity index (χ4v) is 4.85. The minimum Gasteiger partial charge on any atom is -0.328 e. The molecule has 1 aliphatic rings. The van der Waals surface area contributed by atoms with E-state index in [1.165, 1.54) is 122 Å². The molecule has 0 amide bonds. The van der Waals surface area contributed by atoms with E-state index in [0.717, 1.165) is 11.8 Å². The fourth-order valence-electron chi connectivity index (χ4n) is 4.85. The van der Waals surface area contributed by atoms with E-state index in [-0.39, 0.29) is 0 Å². The molecule has 1 atom stereocenters. The van der Waals surface area contributed by atoms with Crippen molar-refractivity contribution in [3.63, 3.8) is 0 Å². The Morgan fingerprint density at radius 2 is 1.12 bits per heavy atom. The number of hydrogen-bond donors (Lipinski definition) is 1. The molecule has 0 radical (unpaired) electrons. The Morgan fingerprint density at radius 3 is 1.68 bits per heavy atom. The molecule has 1 unspecified atom stereocenters. The molecule has 0 heterocycles. The van der Waals surface area contributed by atoms with E-state index >= 15 is 0 Å². The van der Waals surface area contributed by atoms with Gasteiger partial charge in [0.2, 0.25) is 0 Å². The first-order chi connectivity index (χ1) is 12.3. The van der Waals surface area contributed by atoms with Crippen LogP contribution in [0.4, 0.5) is 0 Å². The second-order valence-electron chi connectivity index (χ2n) is 8.90. The minimum atomic E-state index is 0.482. The zero-order valence-corrected chi connectivity index (χ0v) is 17.7. The summed E-state index contributed by atoms with van der Waals surface area (Å²) in [6.45, 7) is 4.67. The van der Waals surface area contributed by atoms with Crippen LogP contribution in [-0.4, -0.2) is 6.04 Å². The van der Waals surface area contributed by atoms with E-state index in [2.05, 4.69) is 13.8 Å². The van der Waals surface area contributed by atoms with Crippen LogP contribution in [0.3, 0.4) is 0 Å². The van der Waals surface area contributed by atoms with Crippen LogP contribution < -0.4 is 5.73 Å². The zero-order chi connectivity index (χ0) is 18.2. The van der Waals surface area contributed by atoms with Crippen LogP contribution in [-0.2, 0) is 0 Å². The van der Waals surface area contributed by atoms with E-state index < -0.39 is 0 Å². The molecule has 0 aliphatic heterocycles. The molecule has 0 aromatic carbocycles. The highest BCUT2D eigenvalue weighted by Gasteiger charge is 2.21. The molecular weight excluding hydrogens is 302 g/mol. The van der Waals surface area contributed by atoms with Gasteiger partial charge in [0.15, 0.2) is 0 Å². The van der Waals surface area contributed by atoms with Crippen LogP contribution >= 0.6 is 0 Å². The quantitative estimate of drug-likeness (QED) is 0.396. The topological polar surface area (TPSA) is 26.0 Å². The van der Waals surface area contributed by atoms with Crippen LogP contribution in [0.5, 0.6) is 0 Å². The molecule has 150 valence electrons. The van der Waals surface area contributed by atoms with E-state index in [1.54, 1.807) is 0 Å². The van der Waals surface area contributed by atoms with Gasteiger partial charge in [0.25, 0.3) is 0 Å². The van der Waals surface area contributed by atoms with E-state index in [0.29, 0.717) is 6.04 Å². The van der Waals surface area contributed by atoms with Gasteiger partial charge in [0.1, 0.15) is 0 Å². The summed E-state index contributed by atoms with van der Waals surface area (Å²) in [4.78, 5) is 0. The molecule has 1 saturated carbocycles. The lowest BCUT2D eigenvalue weighted by Crippen LogP contribution is -2.20. The Labute approximate surface area is 159 Å². The Morgan fingerprint density at radius 1 is 0.640 bits per heavy atom. The third-order valence-electron chi connectivity index (χ3n) is 6.57. The average molecular weight is 352 g/mol. The standard InChI is InChI=1S/C24H49N/c1-3-5-7-11-17-22(16-10-6-4-2)23-18-12-8-14-20-24(25)21-15-9-13-19-23/h22-24H,3-21,25H2,1-2H3. The molecule has 1 heteroatoms. The molecule has 1 rings (SSSR count). The number of hydrogen-bond acceptors (Lipinski definition) is 1. The summed E-state index contributed by atoms with van der Waals surface area (Å²) in [5.74, 6) is 2.04. The van der Waals surface area contributed by atoms with E-state index in [1.807, 2.05) is 0 Å². The Bertz CT molecular complexity index is 261. The predicted octanol–water partition coefficient (Wildman–Crippen LogP) is 8.01. The average Bonchev–Trinajstić information content (AvgIpc) is 2.60. The van der Waals surface area contributed by atoms with Crippen molar-refractivity contribution in [2.24, 2.45) is 17.6 Å². The lowest BCUT2D eigenvalue weighted by molar-refractivity contribution is 0.235. The lowest BCUT2D eigenvalue weighted by atomic mass is 9.77. The number of unbranched alkanes of at least 4 members (excludes halogenated alkanes) is 5. The molecule has 0 bridgehead atoms. The SMILES string of the molecule is CCCCCCC(CCCCC)C1CCCCCC(N)CCCCC1. The first kappa shape index (κ1) is 23.0. The lowest BCUT2D eigenvalue weighted by Gasteiger charge is -2.28. The summed E-state index contributed by atoms with van der Waals surface area (Å²) in [6, 6.07) is 0.482. The van der Waals surface area contributed by atoms with Gasteiger partial charge in [-0.1, -0.05) is 123 Å². The summed E-state index contributed by atoms with van der Waals surface area (Å²) in [6.07, 6.45) is 27.1. The molecule has 2 N–H and O–H groups in total. The maximum atomic E-state index is 6.24. The second-order valence-corrected chi connectivity index (χ2v) is 8.90. The summed E-state index contributed by atoms with van der Waals surface area (Å²) in [7, 11) is 0.